The van der Waals surface area contributed by atoms with Crippen molar-refractivity contribution in [3.05, 3.63) is 59.2 Å². The van der Waals surface area contributed by atoms with Gasteiger partial charge in [0.25, 0.3) is 0 Å². The molecule has 2 rings (SSSR count). The molecule has 100 valence electrons. The molecular formula is C17H21NS. The molecule has 0 aliphatic heterocycles. The molecule has 0 aromatic heterocycles. The van der Waals surface area contributed by atoms with E-state index in [1.54, 1.807) is 11.8 Å². The molecule has 2 aromatic carbocycles. The molecule has 0 aliphatic carbocycles. The average molecular weight is 271 g/mol. The summed E-state index contributed by atoms with van der Waals surface area (Å²) < 4.78 is 0. The maximum absolute atomic E-state index is 6.03. The third-order valence-corrected chi connectivity index (χ3v) is 4.37. The summed E-state index contributed by atoms with van der Waals surface area (Å²) in [7, 11) is 0. The zero-order chi connectivity index (χ0) is 13.8. The Balaban J connectivity index is 2.02. The zero-order valence-corrected chi connectivity index (χ0v) is 12.6. The monoisotopic (exact) mass is 271 g/mol. The molecule has 0 aliphatic rings. The van der Waals surface area contributed by atoms with E-state index in [0.717, 1.165) is 11.4 Å². The minimum atomic E-state index is 0.592. The molecule has 0 heterocycles. The number of hydrogen-bond acceptors (Lipinski definition) is 2. The maximum atomic E-state index is 6.03. The van der Waals surface area contributed by atoms with Crippen LogP contribution in [0.1, 0.15) is 36.5 Å². The van der Waals surface area contributed by atoms with Crippen LogP contribution in [-0.4, -0.2) is 0 Å². The van der Waals surface area contributed by atoms with Crippen molar-refractivity contribution < 1.29 is 0 Å². The first-order valence-corrected chi connectivity index (χ1v) is 7.62. The van der Waals surface area contributed by atoms with Crippen LogP contribution in [0.2, 0.25) is 0 Å². The van der Waals surface area contributed by atoms with Crippen molar-refractivity contribution in [2.24, 2.45) is 0 Å². The minimum absolute atomic E-state index is 0.592. The van der Waals surface area contributed by atoms with E-state index < -0.39 is 0 Å². The number of hydrogen-bond donors (Lipinski definition) is 1. The van der Waals surface area contributed by atoms with Crippen LogP contribution >= 0.6 is 11.8 Å². The third-order valence-electron chi connectivity index (χ3n) is 3.21. The zero-order valence-electron chi connectivity index (χ0n) is 11.8. The van der Waals surface area contributed by atoms with Gasteiger partial charge in [0.2, 0.25) is 0 Å². The quantitative estimate of drug-likeness (QED) is 0.626. The predicted octanol–water partition coefficient (Wildman–Crippen LogP) is 4.99. The van der Waals surface area contributed by atoms with E-state index >= 15 is 0 Å². The Bertz CT molecular complexity index is 544. The highest BCUT2D eigenvalue weighted by Crippen LogP contribution is 2.29. The van der Waals surface area contributed by atoms with E-state index in [-0.39, 0.29) is 0 Å². The Kier molecular flexibility index (Phi) is 4.54. The fourth-order valence-corrected chi connectivity index (χ4v) is 2.86. The second kappa shape index (κ2) is 6.16. The van der Waals surface area contributed by atoms with Gasteiger partial charge in [0.1, 0.15) is 0 Å². The van der Waals surface area contributed by atoms with Crippen LogP contribution in [0.4, 0.5) is 5.69 Å². The van der Waals surface area contributed by atoms with Gasteiger partial charge in [-0.2, -0.15) is 0 Å². The summed E-state index contributed by atoms with van der Waals surface area (Å²) in [4.78, 5) is 1.17. The largest absolute Gasteiger partial charge is 0.398 e. The molecule has 2 N–H and O–H groups in total. The van der Waals surface area contributed by atoms with Gasteiger partial charge < -0.3 is 5.73 Å². The Labute approximate surface area is 120 Å². The minimum Gasteiger partial charge on any atom is -0.398 e. The van der Waals surface area contributed by atoms with Gasteiger partial charge in [-0.15, -0.1) is 11.8 Å². The molecule has 1 nitrogen and oxygen atoms in total. The van der Waals surface area contributed by atoms with E-state index in [1.165, 1.54) is 21.6 Å². The van der Waals surface area contributed by atoms with Crippen LogP contribution < -0.4 is 5.73 Å². The Morgan fingerprint density at radius 1 is 1.05 bits per heavy atom. The van der Waals surface area contributed by atoms with Crippen LogP contribution in [-0.2, 0) is 5.75 Å². The number of nitrogens with two attached hydrogens (primary N) is 1. The number of aryl methyl sites for hydroxylation is 1. The fraction of sp³-hybridized carbons (Fsp3) is 0.294. The molecule has 0 saturated carbocycles. The smallest absolute Gasteiger partial charge is 0.0454 e. The number of anilines is 1. The van der Waals surface area contributed by atoms with Gasteiger partial charge in [-0.1, -0.05) is 44.2 Å². The molecule has 0 amide bonds. The molecule has 0 atom stereocenters. The second-order valence-electron chi connectivity index (χ2n) is 5.23. The van der Waals surface area contributed by atoms with Crippen molar-refractivity contribution >= 4 is 17.4 Å². The first-order valence-electron chi connectivity index (χ1n) is 6.64. The number of nitrogen functional groups attached to an aromatic ring is 1. The van der Waals surface area contributed by atoms with Crippen LogP contribution in [0.25, 0.3) is 0 Å². The molecule has 0 unspecified atom stereocenters. The number of benzene rings is 2. The molecule has 2 aromatic rings. The summed E-state index contributed by atoms with van der Waals surface area (Å²) in [6.07, 6.45) is 0. The molecule has 0 spiro atoms. The standard InChI is InChI=1S/C17H21NS/c1-12(2)15-7-5-14(6-8-15)11-19-17-9-4-13(3)10-16(17)18/h4-10,12H,11,18H2,1-3H3. The predicted molar refractivity (Wildman–Crippen MR) is 85.7 cm³/mol. The first kappa shape index (κ1) is 14.0. The van der Waals surface area contributed by atoms with Crippen molar-refractivity contribution in [1.29, 1.82) is 0 Å². The van der Waals surface area contributed by atoms with Gasteiger partial charge in [0, 0.05) is 16.3 Å². The summed E-state index contributed by atoms with van der Waals surface area (Å²) in [5.74, 6) is 1.56. The lowest BCUT2D eigenvalue weighted by atomic mass is 10.0. The highest BCUT2D eigenvalue weighted by atomic mass is 32.2. The number of thioether (sulfide) groups is 1. The van der Waals surface area contributed by atoms with E-state index in [0.29, 0.717) is 5.92 Å². The molecule has 0 radical (unpaired) electrons. The van der Waals surface area contributed by atoms with Crippen molar-refractivity contribution in [2.75, 3.05) is 5.73 Å². The molecule has 0 fully saturated rings. The van der Waals surface area contributed by atoms with Crippen LogP contribution in [0.5, 0.6) is 0 Å². The first-order chi connectivity index (χ1) is 9.06. The van der Waals surface area contributed by atoms with E-state index in [9.17, 15) is 0 Å². The molecule has 0 saturated heterocycles. The van der Waals surface area contributed by atoms with E-state index in [4.69, 9.17) is 5.73 Å². The second-order valence-corrected chi connectivity index (χ2v) is 6.24. The molecule has 2 heteroatoms. The van der Waals surface area contributed by atoms with Gasteiger partial charge in [0.05, 0.1) is 0 Å². The molecular weight excluding hydrogens is 250 g/mol. The van der Waals surface area contributed by atoms with Crippen molar-refractivity contribution in [3.63, 3.8) is 0 Å². The van der Waals surface area contributed by atoms with Gasteiger partial charge in [-0.3, -0.25) is 0 Å². The third kappa shape index (κ3) is 3.77. The molecule has 0 bridgehead atoms. The molecule has 19 heavy (non-hydrogen) atoms. The van der Waals surface area contributed by atoms with Crippen molar-refractivity contribution in [3.8, 4) is 0 Å². The SMILES string of the molecule is Cc1ccc(SCc2ccc(C(C)C)cc2)c(N)c1. The lowest BCUT2D eigenvalue weighted by Gasteiger charge is -2.08. The van der Waals surface area contributed by atoms with Gasteiger partial charge in [0.15, 0.2) is 0 Å². The Morgan fingerprint density at radius 3 is 2.32 bits per heavy atom. The van der Waals surface area contributed by atoms with Crippen LogP contribution in [0, 0.1) is 6.92 Å². The van der Waals surface area contributed by atoms with E-state index in [1.807, 2.05) is 6.07 Å². The van der Waals surface area contributed by atoms with Crippen LogP contribution in [0.15, 0.2) is 47.4 Å². The Hall–Kier alpha value is -1.41. The van der Waals surface area contributed by atoms with Crippen molar-refractivity contribution in [2.45, 2.75) is 37.3 Å². The van der Waals surface area contributed by atoms with Crippen LogP contribution in [0.3, 0.4) is 0 Å². The van der Waals surface area contributed by atoms with Gasteiger partial charge >= 0.3 is 0 Å². The fourth-order valence-electron chi connectivity index (χ4n) is 1.96. The maximum Gasteiger partial charge on any atom is 0.0454 e. The van der Waals surface area contributed by atoms with Crippen molar-refractivity contribution in [1.82, 2.24) is 0 Å². The summed E-state index contributed by atoms with van der Waals surface area (Å²) in [6, 6.07) is 15.1. The normalized spacial score (nSPS) is 10.9. The lowest BCUT2D eigenvalue weighted by Crippen LogP contribution is -1.91. The highest BCUT2D eigenvalue weighted by Gasteiger charge is 2.02. The summed E-state index contributed by atoms with van der Waals surface area (Å²) >= 11 is 1.80. The summed E-state index contributed by atoms with van der Waals surface area (Å²) in [6.45, 7) is 6.50. The number of rotatable bonds is 4. The highest BCUT2D eigenvalue weighted by molar-refractivity contribution is 7.98. The van der Waals surface area contributed by atoms with Gasteiger partial charge in [-0.05, 0) is 41.7 Å². The average Bonchev–Trinajstić information content (AvgIpc) is 2.38. The topological polar surface area (TPSA) is 26.0 Å². The van der Waals surface area contributed by atoms with Gasteiger partial charge in [-0.25, -0.2) is 0 Å². The lowest BCUT2D eigenvalue weighted by molar-refractivity contribution is 0.866. The van der Waals surface area contributed by atoms with E-state index in [2.05, 4.69) is 57.2 Å². The summed E-state index contributed by atoms with van der Waals surface area (Å²) in [5, 5.41) is 0. The Morgan fingerprint density at radius 2 is 1.74 bits per heavy atom. The summed E-state index contributed by atoms with van der Waals surface area (Å²) in [5.41, 5.74) is 10.9.